The van der Waals surface area contributed by atoms with Crippen LogP contribution in [0.15, 0.2) is 24.3 Å². The van der Waals surface area contributed by atoms with Gasteiger partial charge in [-0.3, -0.25) is 4.79 Å². The van der Waals surface area contributed by atoms with Crippen molar-refractivity contribution < 1.29 is 15.0 Å². The lowest BCUT2D eigenvalue weighted by Gasteiger charge is -1.94. The van der Waals surface area contributed by atoms with Crippen molar-refractivity contribution in [2.24, 2.45) is 0 Å². The number of aliphatic carboxylic acids is 1. The first kappa shape index (κ1) is 15.9. The number of hydrogen-bond acceptors (Lipinski definition) is 2. The molecule has 0 unspecified atom stereocenters. The van der Waals surface area contributed by atoms with Crippen LogP contribution in [-0.4, -0.2) is 22.8 Å². The fourth-order valence-electron chi connectivity index (χ4n) is 1.43. The lowest BCUT2D eigenvalue weighted by atomic mass is 10.1. The smallest absolute Gasteiger partial charge is 0.303 e. The summed E-state index contributed by atoms with van der Waals surface area (Å²) in [5.74, 6) is -0.700. The second-order valence-corrected chi connectivity index (χ2v) is 4.04. The third-order valence-corrected chi connectivity index (χ3v) is 2.40. The monoisotopic (exact) mass is 240 g/mol. The highest BCUT2D eigenvalue weighted by Gasteiger charge is 1.94. The molecule has 98 valence electrons. The Labute approximate surface area is 104 Å². The molecule has 0 saturated carbocycles. The minimum atomic E-state index is -0.700. The predicted octanol–water partition coefficient (Wildman–Crippen LogP) is 3.30. The van der Waals surface area contributed by atoms with Crippen molar-refractivity contribution >= 4 is 5.97 Å². The normalized spacial score (nSPS) is 11.6. The Morgan fingerprint density at radius 3 is 2.12 bits per heavy atom. The minimum absolute atomic E-state index is 0.260. The maximum absolute atomic E-state index is 10.2. The van der Waals surface area contributed by atoms with E-state index >= 15 is 0 Å². The van der Waals surface area contributed by atoms with E-state index in [0.29, 0.717) is 0 Å². The van der Waals surface area contributed by atoms with Gasteiger partial charge < -0.3 is 10.2 Å². The van der Waals surface area contributed by atoms with Gasteiger partial charge in [-0.1, -0.05) is 30.7 Å². The summed E-state index contributed by atoms with van der Waals surface area (Å²) < 4.78 is 0. The lowest BCUT2D eigenvalue weighted by Crippen LogP contribution is -1.93. The van der Waals surface area contributed by atoms with Crippen LogP contribution in [0.25, 0.3) is 0 Å². The van der Waals surface area contributed by atoms with Gasteiger partial charge in [-0.05, 0) is 38.5 Å². The van der Waals surface area contributed by atoms with Crippen molar-refractivity contribution in [2.75, 3.05) is 6.61 Å². The van der Waals surface area contributed by atoms with Crippen LogP contribution < -0.4 is 0 Å². The van der Waals surface area contributed by atoms with E-state index in [1.807, 2.05) is 0 Å². The number of allylic oxidation sites excluding steroid dienone is 4. The molecule has 0 saturated heterocycles. The number of aliphatic hydroxyl groups is 1. The lowest BCUT2D eigenvalue weighted by molar-refractivity contribution is -0.137. The summed E-state index contributed by atoms with van der Waals surface area (Å²) in [4.78, 5) is 10.2. The molecule has 0 rings (SSSR count). The van der Waals surface area contributed by atoms with Crippen LogP contribution in [0, 0.1) is 0 Å². The molecule has 0 radical (unpaired) electrons. The number of carboxylic acid groups (broad SMARTS) is 1. The van der Waals surface area contributed by atoms with Crippen LogP contribution in [0.1, 0.15) is 51.4 Å². The van der Waals surface area contributed by atoms with Crippen molar-refractivity contribution in [3.05, 3.63) is 24.3 Å². The first-order valence-electron chi connectivity index (χ1n) is 6.40. The molecule has 0 fully saturated rings. The highest BCUT2D eigenvalue weighted by molar-refractivity contribution is 5.66. The van der Waals surface area contributed by atoms with Gasteiger partial charge in [0.2, 0.25) is 0 Å². The van der Waals surface area contributed by atoms with E-state index in [2.05, 4.69) is 24.3 Å². The first-order chi connectivity index (χ1) is 8.27. The maximum Gasteiger partial charge on any atom is 0.303 e. The van der Waals surface area contributed by atoms with Crippen molar-refractivity contribution in [3.63, 3.8) is 0 Å². The zero-order valence-corrected chi connectivity index (χ0v) is 10.5. The fourth-order valence-corrected chi connectivity index (χ4v) is 1.43. The summed E-state index contributed by atoms with van der Waals surface area (Å²) in [7, 11) is 0. The topological polar surface area (TPSA) is 57.5 Å². The summed E-state index contributed by atoms with van der Waals surface area (Å²) in [5.41, 5.74) is 0. The number of rotatable bonds is 11. The van der Waals surface area contributed by atoms with Crippen molar-refractivity contribution in [2.45, 2.75) is 51.4 Å². The van der Waals surface area contributed by atoms with E-state index in [0.717, 1.165) is 44.9 Å². The molecule has 0 aromatic rings. The fraction of sp³-hybridized carbons (Fsp3) is 0.643. The van der Waals surface area contributed by atoms with Gasteiger partial charge in [-0.15, -0.1) is 0 Å². The summed E-state index contributed by atoms with van der Waals surface area (Å²) >= 11 is 0. The summed E-state index contributed by atoms with van der Waals surface area (Å²) in [5, 5.41) is 17.0. The summed E-state index contributed by atoms with van der Waals surface area (Å²) in [6.07, 6.45) is 15.4. The molecule has 0 heterocycles. The standard InChI is InChI=1S/C14H24O3/c15-13-11-9-7-5-3-1-2-4-6-8-10-12-14(16)17/h1-2,5,7,15H,3-4,6,8-13H2,(H,16,17). The van der Waals surface area contributed by atoms with Crippen LogP contribution in [-0.2, 0) is 4.79 Å². The maximum atomic E-state index is 10.2. The van der Waals surface area contributed by atoms with Gasteiger partial charge in [0.1, 0.15) is 0 Å². The Balaban J connectivity index is 3.19. The largest absolute Gasteiger partial charge is 0.481 e. The van der Waals surface area contributed by atoms with Crippen LogP contribution in [0.5, 0.6) is 0 Å². The van der Waals surface area contributed by atoms with Crippen LogP contribution in [0.4, 0.5) is 0 Å². The zero-order chi connectivity index (χ0) is 12.8. The first-order valence-corrected chi connectivity index (χ1v) is 6.40. The Kier molecular flexibility index (Phi) is 12.1. The van der Waals surface area contributed by atoms with Gasteiger partial charge in [0.05, 0.1) is 0 Å². The molecule has 3 heteroatoms. The molecule has 0 aliphatic carbocycles. The Bertz CT molecular complexity index is 232. The van der Waals surface area contributed by atoms with Gasteiger partial charge >= 0.3 is 5.97 Å². The van der Waals surface area contributed by atoms with E-state index in [4.69, 9.17) is 10.2 Å². The molecule has 17 heavy (non-hydrogen) atoms. The minimum Gasteiger partial charge on any atom is -0.481 e. The summed E-state index contributed by atoms with van der Waals surface area (Å²) in [6.45, 7) is 0.260. The highest BCUT2D eigenvalue weighted by Crippen LogP contribution is 2.04. The van der Waals surface area contributed by atoms with E-state index in [9.17, 15) is 4.79 Å². The molecule has 0 amide bonds. The second-order valence-electron chi connectivity index (χ2n) is 4.04. The van der Waals surface area contributed by atoms with Gasteiger partial charge in [-0.25, -0.2) is 0 Å². The van der Waals surface area contributed by atoms with Crippen LogP contribution in [0.3, 0.4) is 0 Å². The third-order valence-electron chi connectivity index (χ3n) is 2.40. The molecule has 0 aromatic carbocycles. The van der Waals surface area contributed by atoms with E-state index in [1.54, 1.807) is 0 Å². The number of carbonyl (C=O) groups is 1. The highest BCUT2D eigenvalue weighted by atomic mass is 16.4. The van der Waals surface area contributed by atoms with Crippen molar-refractivity contribution in [1.82, 2.24) is 0 Å². The molecule has 0 atom stereocenters. The predicted molar refractivity (Wildman–Crippen MR) is 69.9 cm³/mol. The molecule has 2 N–H and O–H groups in total. The van der Waals surface area contributed by atoms with E-state index in [-0.39, 0.29) is 13.0 Å². The third kappa shape index (κ3) is 14.9. The van der Waals surface area contributed by atoms with E-state index in [1.165, 1.54) is 0 Å². The average molecular weight is 240 g/mol. The molecule has 0 bridgehead atoms. The van der Waals surface area contributed by atoms with Crippen molar-refractivity contribution in [1.29, 1.82) is 0 Å². The SMILES string of the molecule is O=C(O)CCCCCC=CCC=CCCCO. The number of carboxylic acids is 1. The summed E-state index contributed by atoms with van der Waals surface area (Å²) in [6, 6.07) is 0. The molecule has 0 spiro atoms. The Hall–Kier alpha value is -1.09. The van der Waals surface area contributed by atoms with Gasteiger partial charge in [0, 0.05) is 13.0 Å². The van der Waals surface area contributed by atoms with Gasteiger partial charge in [-0.2, -0.15) is 0 Å². The van der Waals surface area contributed by atoms with Crippen LogP contribution >= 0.6 is 0 Å². The second kappa shape index (κ2) is 13.0. The molecular weight excluding hydrogens is 216 g/mol. The quantitative estimate of drug-likeness (QED) is 0.430. The Morgan fingerprint density at radius 1 is 0.882 bits per heavy atom. The molecule has 0 aromatic heterocycles. The zero-order valence-electron chi connectivity index (χ0n) is 10.5. The number of aliphatic hydroxyl groups excluding tert-OH is 1. The molecule has 0 aliphatic rings. The molecular formula is C14H24O3. The Morgan fingerprint density at radius 2 is 1.53 bits per heavy atom. The van der Waals surface area contributed by atoms with Gasteiger partial charge in [0.25, 0.3) is 0 Å². The molecule has 3 nitrogen and oxygen atoms in total. The number of hydrogen-bond donors (Lipinski definition) is 2. The van der Waals surface area contributed by atoms with E-state index < -0.39 is 5.97 Å². The van der Waals surface area contributed by atoms with Crippen LogP contribution in [0.2, 0.25) is 0 Å². The average Bonchev–Trinajstić information content (AvgIpc) is 2.30. The van der Waals surface area contributed by atoms with Gasteiger partial charge in [0.15, 0.2) is 0 Å². The molecule has 0 aliphatic heterocycles. The number of unbranched alkanes of at least 4 members (excludes halogenated alkanes) is 4. The van der Waals surface area contributed by atoms with Crippen molar-refractivity contribution in [3.8, 4) is 0 Å².